The summed E-state index contributed by atoms with van der Waals surface area (Å²) < 4.78 is 30.3. The second kappa shape index (κ2) is 11.4. The second-order valence-electron chi connectivity index (χ2n) is 8.63. The van der Waals surface area contributed by atoms with Crippen LogP contribution in [0.5, 0.6) is 0 Å². The lowest BCUT2D eigenvalue weighted by Crippen LogP contribution is -2.49. The Labute approximate surface area is 211 Å². The molecule has 0 aliphatic carbocycles. The Morgan fingerprint density at radius 1 is 1.22 bits per heavy atom. The van der Waals surface area contributed by atoms with Gasteiger partial charge < -0.3 is 34.9 Å². The molecule has 12 nitrogen and oxygen atoms in total. The van der Waals surface area contributed by atoms with Crippen molar-refractivity contribution in [3.63, 3.8) is 0 Å². The zero-order valence-corrected chi connectivity index (χ0v) is 20.3. The summed E-state index contributed by atoms with van der Waals surface area (Å²) in [6.07, 6.45) is 0.585. The number of ether oxygens (including phenoxy) is 3. The van der Waals surface area contributed by atoms with E-state index in [9.17, 15) is 14.0 Å². The maximum Gasteiger partial charge on any atom is 0.322 e. The van der Waals surface area contributed by atoms with Crippen LogP contribution < -0.4 is 10.6 Å². The Kier molecular flexibility index (Phi) is 8.06. The van der Waals surface area contributed by atoms with E-state index < -0.39 is 23.5 Å². The summed E-state index contributed by atoms with van der Waals surface area (Å²) in [6.45, 7) is 2.34. The van der Waals surface area contributed by atoms with Gasteiger partial charge in [-0.05, 0) is 37.3 Å². The van der Waals surface area contributed by atoms with Crippen LogP contribution in [0.15, 0.2) is 36.5 Å². The average molecular weight is 515 g/mol. The van der Waals surface area contributed by atoms with Crippen molar-refractivity contribution in [2.24, 2.45) is 5.41 Å². The predicted octanol–water partition coefficient (Wildman–Crippen LogP) is 1.98. The second-order valence-corrected chi connectivity index (χ2v) is 8.63. The van der Waals surface area contributed by atoms with E-state index in [0.29, 0.717) is 41.6 Å². The number of imidazole rings is 1. The van der Waals surface area contributed by atoms with E-state index in [2.05, 4.69) is 30.6 Å². The molecule has 3 heterocycles. The summed E-state index contributed by atoms with van der Waals surface area (Å²) in [5.41, 5.74) is 1.06. The Hall–Kier alpha value is -3.94. The molecule has 0 atom stereocenters. The summed E-state index contributed by atoms with van der Waals surface area (Å²) in [7, 11) is 1.55. The molecule has 196 valence electrons. The monoisotopic (exact) mass is 514 g/mol. The summed E-state index contributed by atoms with van der Waals surface area (Å²) >= 11 is 0. The molecule has 0 saturated carbocycles. The van der Waals surface area contributed by atoms with Crippen molar-refractivity contribution in [1.82, 2.24) is 25.3 Å². The largest absolute Gasteiger partial charge is 0.480 e. The average Bonchev–Trinajstić information content (AvgIpc) is 3.34. The van der Waals surface area contributed by atoms with Crippen molar-refractivity contribution in [2.75, 3.05) is 45.3 Å². The number of carbonyl (C=O) groups is 2. The number of carboxylic acid groups (broad SMARTS) is 1. The number of anilines is 1. The molecular formula is C24H27FN6O6. The highest BCUT2D eigenvalue weighted by Crippen LogP contribution is 2.35. The number of aromatic amines is 1. The van der Waals surface area contributed by atoms with Crippen LogP contribution in [0.4, 0.5) is 10.3 Å². The molecule has 0 unspecified atom stereocenters. The first kappa shape index (κ1) is 26.1. The number of nitrogens with zero attached hydrogens (tertiary/aromatic N) is 3. The lowest BCUT2D eigenvalue weighted by atomic mass is 9.91. The maximum absolute atomic E-state index is 13.6. The molecule has 0 spiro atoms. The third-order valence-corrected chi connectivity index (χ3v) is 5.62. The first-order valence-corrected chi connectivity index (χ1v) is 11.4. The number of nitrogens with one attached hydrogen (secondary N) is 3. The standard InChI is InChI=1S/C24H27FN6O6/c1-24(22(34)26-9-10-35-2)12-36-21(37-13-24)20-30-18(14-3-5-15(25)6-4-14)19(31-20)16-7-8-27-23(29-16)28-11-17(32)33/h3-8,21H,9-13H2,1-2H3,(H,26,34)(H,30,31)(H,32,33)(H,27,28,29). The van der Waals surface area contributed by atoms with Gasteiger partial charge in [-0.1, -0.05) is 0 Å². The molecule has 4 rings (SSSR count). The van der Waals surface area contributed by atoms with Crippen molar-refractivity contribution >= 4 is 17.8 Å². The Balaban J connectivity index is 1.59. The highest BCUT2D eigenvalue weighted by molar-refractivity contribution is 5.82. The molecule has 3 aromatic rings. The maximum atomic E-state index is 13.6. The number of H-pyrrole nitrogens is 1. The number of hydrogen-bond acceptors (Lipinski definition) is 9. The molecule has 4 N–H and O–H groups in total. The SMILES string of the molecule is COCCNC(=O)C1(C)COC(c2nc(-c3ccc(F)cc3)c(-c3ccnc(NCC(=O)O)n3)[nH]2)OC1. The van der Waals surface area contributed by atoms with Crippen LogP contribution in [0.1, 0.15) is 19.0 Å². The number of hydrogen-bond donors (Lipinski definition) is 4. The number of carbonyl (C=O) groups excluding carboxylic acids is 1. The quantitative estimate of drug-likeness (QED) is 0.295. The first-order chi connectivity index (χ1) is 17.8. The molecule has 1 aliphatic rings. The number of aliphatic carboxylic acids is 1. The number of halogens is 1. The van der Waals surface area contributed by atoms with Crippen molar-refractivity contribution in [1.29, 1.82) is 0 Å². The number of benzene rings is 1. The van der Waals surface area contributed by atoms with Crippen LogP contribution >= 0.6 is 0 Å². The van der Waals surface area contributed by atoms with Crippen molar-refractivity contribution in [3.05, 3.63) is 48.2 Å². The molecule has 0 radical (unpaired) electrons. The first-order valence-electron chi connectivity index (χ1n) is 11.4. The molecule has 1 fully saturated rings. The number of rotatable bonds is 10. The van der Waals surface area contributed by atoms with Crippen molar-refractivity contribution < 1.29 is 33.3 Å². The summed E-state index contributed by atoms with van der Waals surface area (Å²) in [4.78, 5) is 39.7. The van der Waals surface area contributed by atoms with E-state index in [-0.39, 0.29) is 31.6 Å². The minimum atomic E-state index is -1.06. The van der Waals surface area contributed by atoms with Gasteiger partial charge in [0.2, 0.25) is 18.1 Å². The van der Waals surface area contributed by atoms with Gasteiger partial charge in [0.25, 0.3) is 0 Å². The molecule has 1 aliphatic heterocycles. The molecule has 1 aromatic carbocycles. The number of aromatic nitrogens is 4. The van der Waals surface area contributed by atoms with Gasteiger partial charge in [0, 0.05) is 25.4 Å². The predicted molar refractivity (Wildman–Crippen MR) is 129 cm³/mol. The van der Waals surface area contributed by atoms with Gasteiger partial charge >= 0.3 is 5.97 Å². The van der Waals surface area contributed by atoms with Gasteiger partial charge in [0.15, 0.2) is 5.82 Å². The fraction of sp³-hybridized carbons (Fsp3) is 0.375. The topological polar surface area (TPSA) is 161 Å². The lowest BCUT2D eigenvalue weighted by molar-refractivity contribution is -0.231. The molecule has 37 heavy (non-hydrogen) atoms. The molecule has 1 saturated heterocycles. The van der Waals surface area contributed by atoms with Crippen LogP contribution in [-0.2, 0) is 23.8 Å². The van der Waals surface area contributed by atoms with E-state index >= 15 is 0 Å². The smallest absolute Gasteiger partial charge is 0.322 e. The zero-order valence-electron chi connectivity index (χ0n) is 20.3. The number of carboxylic acids is 1. The van der Waals surface area contributed by atoms with Crippen LogP contribution in [0.3, 0.4) is 0 Å². The minimum absolute atomic E-state index is 0.0924. The summed E-state index contributed by atoms with van der Waals surface area (Å²) in [5.74, 6) is -1.23. The lowest BCUT2D eigenvalue weighted by Gasteiger charge is -2.35. The third kappa shape index (κ3) is 6.25. The Morgan fingerprint density at radius 3 is 2.62 bits per heavy atom. The molecule has 2 aromatic heterocycles. The molecule has 1 amide bonds. The van der Waals surface area contributed by atoms with Crippen molar-refractivity contribution in [3.8, 4) is 22.6 Å². The fourth-order valence-corrected chi connectivity index (χ4v) is 3.62. The van der Waals surface area contributed by atoms with Gasteiger partial charge in [-0.3, -0.25) is 9.59 Å². The van der Waals surface area contributed by atoms with E-state index in [1.807, 2.05) is 0 Å². The molecular weight excluding hydrogens is 487 g/mol. The minimum Gasteiger partial charge on any atom is -0.480 e. The summed E-state index contributed by atoms with van der Waals surface area (Å²) in [5, 5.41) is 14.4. The van der Waals surface area contributed by atoms with E-state index in [1.54, 1.807) is 32.2 Å². The zero-order chi connectivity index (χ0) is 26.4. The highest BCUT2D eigenvalue weighted by Gasteiger charge is 2.40. The number of amides is 1. The van der Waals surface area contributed by atoms with Crippen molar-refractivity contribution in [2.45, 2.75) is 13.2 Å². The van der Waals surface area contributed by atoms with E-state index in [0.717, 1.165) is 0 Å². The fourth-order valence-electron chi connectivity index (χ4n) is 3.62. The third-order valence-electron chi connectivity index (χ3n) is 5.62. The molecule has 0 bridgehead atoms. The Bertz CT molecular complexity index is 1240. The van der Waals surface area contributed by atoms with Gasteiger partial charge in [-0.2, -0.15) is 0 Å². The Morgan fingerprint density at radius 2 is 1.95 bits per heavy atom. The van der Waals surface area contributed by atoms with Crippen LogP contribution in [0, 0.1) is 11.2 Å². The summed E-state index contributed by atoms with van der Waals surface area (Å²) in [6, 6.07) is 7.41. The highest BCUT2D eigenvalue weighted by atomic mass is 19.1. The van der Waals surface area contributed by atoms with Crippen LogP contribution in [0.2, 0.25) is 0 Å². The van der Waals surface area contributed by atoms with Gasteiger partial charge in [0.05, 0.1) is 42.3 Å². The van der Waals surface area contributed by atoms with Crippen LogP contribution in [-0.4, -0.2) is 76.9 Å². The van der Waals surface area contributed by atoms with E-state index in [4.69, 9.17) is 19.3 Å². The number of methoxy groups -OCH3 is 1. The molecule has 13 heteroatoms. The normalized spacial score (nSPS) is 19.4. The van der Waals surface area contributed by atoms with Gasteiger partial charge in [-0.15, -0.1) is 0 Å². The van der Waals surface area contributed by atoms with Gasteiger partial charge in [0.1, 0.15) is 12.4 Å². The van der Waals surface area contributed by atoms with Crippen LogP contribution in [0.25, 0.3) is 22.6 Å². The van der Waals surface area contributed by atoms with Gasteiger partial charge in [-0.25, -0.2) is 19.3 Å². The van der Waals surface area contributed by atoms with E-state index in [1.165, 1.54) is 18.3 Å².